The Morgan fingerprint density at radius 2 is 1.94 bits per heavy atom. The fourth-order valence-electron chi connectivity index (χ4n) is 2.91. The topological polar surface area (TPSA) is 142 Å². The number of terminal acetylenes is 1. The number of rotatable bonds is 6. The first-order valence-electron chi connectivity index (χ1n) is 10.4. The van der Waals surface area contributed by atoms with Crippen LogP contribution >= 0.6 is 0 Å². The van der Waals surface area contributed by atoms with E-state index in [9.17, 15) is 18.7 Å². The van der Waals surface area contributed by atoms with Crippen molar-refractivity contribution in [1.82, 2.24) is 10.2 Å². The fraction of sp³-hybridized carbons (Fsp3) is 0.565. The highest BCUT2D eigenvalue weighted by Crippen LogP contribution is 2.26. The van der Waals surface area contributed by atoms with Crippen LogP contribution in [0.4, 0.5) is 8.78 Å². The van der Waals surface area contributed by atoms with Gasteiger partial charge in [0.15, 0.2) is 11.6 Å². The molecule has 1 atom stereocenters. The summed E-state index contributed by atoms with van der Waals surface area (Å²) in [6, 6.07) is 2.87. The van der Waals surface area contributed by atoms with Crippen molar-refractivity contribution in [3.05, 3.63) is 34.9 Å². The van der Waals surface area contributed by atoms with Gasteiger partial charge in [0, 0.05) is 38.2 Å². The van der Waals surface area contributed by atoms with E-state index in [4.69, 9.17) is 16.3 Å². The second-order valence-electron chi connectivity index (χ2n) is 7.91. The van der Waals surface area contributed by atoms with Gasteiger partial charge in [-0.25, -0.2) is 8.78 Å². The number of hydrogen-bond donors (Lipinski definition) is 5. The van der Waals surface area contributed by atoms with Crippen molar-refractivity contribution in [3.63, 3.8) is 0 Å². The lowest BCUT2D eigenvalue weighted by molar-refractivity contribution is -0.132. The minimum Gasteiger partial charge on any atom is -0.396 e. The fourth-order valence-corrected chi connectivity index (χ4v) is 2.91. The maximum absolute atomic E-state index is 13.1. The number of benzene rings is 1. The van der Waals surface area contributed by atoms with Gasteiger partial charge in [0.05, 0.1) is 11.7 Å². The van der Waals surface area contributed by atoms with E-state index in [1.54, 1.807) is 11.9 Å². The molecule has 1 amide bonds. The molecule has 0 saturated carbocycles. The van der Waals surface area contributed by atoms with Crippen LogP contribution in [0.5, 0.6) is 0 Å². The van der Waals surface area contributed by atoms with E-state index in [2.05, 4.69) is 22.9 Å². The van der Waals surface area contributed by atoms with Gasteiger partial charge in [0.25, 0.3) is 0 Å². The number of likely N-dealkylation sites (tertiary alicyclic amines) is 1. The molecule has 188 valence electrons. The lowest BCUT2D eigenvalue weighted by Gasteiger charge is -2.26. The quantitative estimate of drug-likeness (QED) is 0.180. The normalized spacial score (nSPS) is 14.5. The highest BCUT2D eigenvalue weighted by atomic mass is 19.2. The number of aliphatic hydroxyl groups is 2. The number of aldehydes is 1. The minimum atomic E-state index is -0.949. The summed E-state index contributed by atoms with van der Waals surface area (Å²) in [4.78, 5) is 22.3. The number of hydrazine groups is 1. The number of carbonyl (C=O) groups excluding carboxylic acids is 2. The number of carbonyl (C=O) groups is 2. The van der Waals surface area contributed by atoms with Crippen molar-refractivity contribution in [3.8, 4) is 12.3 Å². The predicted octanol–water partition coefficient (Wildman–Crippen LogP) is 1.07. The highest BCUT2D eigenvalue weighted by molar-refractivity contribution is 5.77. The Hall–Kier alpha value is -2.42. The number of halogens is 2. The van der Waals surface area contributed by atoms with Crippen molar-refractivity contribution in [2.75, 3.05) is 26.7 Å². The first-order chi connectivity index (χ1) is 15.6. The summed E-state index contributed by atoms with van der Waals surface area (Å²) in [5, 5.41) is 20.9. The van der Waals surface area contributed by atoms with E-state index < -0.39 is 11.6 Å². The molecule has 0 radical (unpaired) electrons. The summed E-state index contributed by atoms with van der Waals surface area (Å²) >= 11 is 0. The number of amides is 1. The molecule has 0 aliphatic carbocycles. The van der Waals surface area contributed by atoms with Gasteiger partial charge in [0.2, 0.25) is 5.91 Å². The Balaban J connectivity index is 0. The van der Waals surface area contributed by atoms with Gasteiger partial charge >= 0.3 is 0 Å². The molecule has 2 rings (SSSR count). The van der Waals surface area contributed by atoms with Crippen LogP contribution in [0.2, 0.25) is 0 Å². The van der Waals surface area contributed by atoms with Crippen LogP contribution < -0.4 is 17.0 Å². The molecule has 1 unspecified atom stereocenters. The van der Waals surface area contributed by atoms with Gasteiger partial charge in [-0.05, 0) is 38.3 Å². The van der Waals surface area contributed by atoms with E-state index in [0.717, 1.165) is 6.29 Å². The van der Waals surface area contributed by atoms with Crippen molar-refractivity contribution < 1.29 is 28.6 Å². The molecule has 0 spiro atoms. The monoisotopic (exact) mass is 472 g/mol. The number of nitrogens with one attached hydrogen (secondary N) is 1. The molecule has 1 aromatic rings. The second kappa shape index (κ2) is 18.1. The molecule has 10 heteroatoms. The SMILES string of the molecule is C#Cc1ccc(CNC)c(F)c1F.CC(C)(CCO)CC(=O)N1CCC(O)C1.CC=O.NN. The Kier molecular flexibility index (Phi) is 17.9. The number of nitrogens with zero attached hydrogens (tertiary/aromatic N) is 1. The zero-order chi connectivity index (χ0) is 26.0. The van der Waals surface area contributed by atoms with Crippen LogP contribution in [0.1, 0.15) is 51.2 Å². The molecule has 8 nitrogen and oxygen atoms in total. The molecule has 33 heavy (non-hydrogen) atoms. The van der Waals surface area contributed by atoms with Crippen molar-refractivity contribution in [2.45, 2.75) is 52.7 Å². The zero-order valence-electron chi connectivity index (χ0n) is 19.9. The molecular formula is C23H38F2N4O4. The first kappa shape index (κ1) is 32.8. The average molecular weight is 473 g/mol. The number of β-amino-alcohol motifs (C(OH)–C–C–N with tert-alkyl or cyclic N) is 1. The van der Waals surface area contributed by atoms with Crippen LogP contribution in [0.3, 0.4) is 0 Å². The van der Waals surface area contributed by atoms with E-state index in [1.165, 1.54) is 19.1 Å². The Labute approximate surface area is 195 Å². The minimum absolute atomic E-state index is 0.0441. The van der Waals surface area contributed by atoms with Crippen LogP contribution in [0, 0.1) is 29.4 Å². The van der Waals surface area contributed by atoms with Gasteiger partial charge in [0.1, 0.15) is 6.29 Å². The Morgan fingerprint density at radius 3 is 2.36 bits per heavy atom. The van der Waals surface area contributed by atoms with Crippen LogP contribution in [0.25, 0.3) is 0 Å². The first-order valence-corrected chi connectivity index (χ1v) is 10.4. The standard InChI is InChI=1S/C11H21NO3.C10H9F2N.C2H4O.H4N2/c1-11(2,4-6-13)7-10(15)12-5-3-9(14)8-12;1-3-7-4-5-8(6-13-2)10(12)9(7)11;1-2-3;1-2/h9,13-14H,3-8H2,1-2H3;1,4-5,13H,6H2,2H3;2H,1H3;1-2H2. The van der Waals surface area contributed by atoms with Crippen molar-refractivity contribution in [2.24, 2.45) is 17.1 Å². The third kappa shape index (κ3) is 13.0. The molecule has 0 aromatic heterocycles. The van der Waals surface area contributed by atoms with Gasteiger partial charge in [-0.1, -0.05) is 25.8 Å². The number of aliphatic hydroxyl groups excluding tert-OH is 2. The molecule has 1 saturated heterocycles. The molecule has 1 aromatic carbocycles. The molecule has 1 aliphatic rings. The summed E-state index contributed by atoms with van der Waals surface area (Å²) < 4.78 is 26.2. The van der Waals surface area contributed by atoms with Gasteiger partial charge in [-0.15, -0.1) is 6.42 Å². The van der Waals surface area contributed by atoms with Gasteiger partial charge in [-0.3, -0.25) is 16.5 Å². The van der Waals surface area contributed by atoms with Crippen LogP contribution in [0.15, 0.2) is 12.1 Å². The van der Waals surface area contributed by atoms with Gasteiger partial charge in [-0.2, -0.15) is 0 Å². The van der Waals surface area contributed by atoms with E-state index in [0.29, 0.717) is 32.4 Å². The van der Waals surface area contributed by atoms with E-state index in [-0.39, 0.29) is 41.7 Å². The molecule has 1 aliphatic heterocycles. The second-order valence-corrected chi connectivity index (χ2v) is 7.91. The number of nitrogens with two attached hydrogens (primary N) is 2. The lowest BCUT2D eigenvalue weighted by Crippen LogP contribution is -2.33. The largest absolute Gasteiger partial charge is 0.396 e. The maximum Gasteiger partial charge on any atom is 0.223 e. The zero-order valence-corrected chi connectivity index (χ0v) is 19.9. The van der Waals surface area contributed by atoms with E-state index in [1.807, 2.05) is 13.8 Å². The Morgan fingerprint density at radius 1 is 1.36 bits per heavy atom. The summed E-state index contributed by atoms with van der Waals surface area (Å²) in [5.41, 5.74) is 0.0793. The highest BCUT2D eigenvalue weighted by Gasteiger charge is 2.29. The smallest absolute Gasteiger partial charge is 0.223 e. The summed E-state index contributed by atoms with van der Waals surface area (Å²) in [7, 11) is 1.66. The van der Waals surface area contributed by atoms with Gasteiger partial charge < -0.3 is 25.2 Å². The maximum atomic E-state index is 13.1. The average Bonchev–Trinajstić information content (AvgIpc) is 3.20. The van der Waals surface area contributed by atoms with Crippen LogP contribution in [-0.2, 0) is 16.1 Å². The molecule has 1 heterocycles. The predicted molar refractivity (Wildman–Crippen MR) is 124 cm³/mol. The third-order valence-electron chi connectivity index (χ3n) is 4.62. The molecule has 1 fully saturated rings. The van der Waals surface area contributed by atoms with Crippen molar-refractivity contribution in [1.29, 1.82) is 0 Å². The lowest BCUT2D eigenvalue weighted by atomic mass is 9.85. The molecule has 0 bridgehead atoms. The van der Waals surface area contributed by atoms with E-state index >= 15 is 0 Å². The summed E-state index contributed by atoms with van der Waals surface area (Å²) in [5.74, 6) is 8.34. The third-order valence-corrected chi connectivity index (χ3v) is 4.62. The Bertz CT molecular complexity index is 755. The van der Waals surface area contributed by atoms with Crippen molar-refractivity contribution >= 4 is 12.2 Å². The summed E-state index contributed by atoms with van der Waals surface area (Å²) in [6.45, 7) is 6.93. The summed E-state index contributed by atoms with van der Waals surface area (Å²) in [6.07, 6.45) is 7.13. The molecule has 7 N–H and O–H groups in total. The number of hydrogen-bond acceptors (Lipinski definition) is 7. The molecular weight excluding hydrogens is 434 g/mol. The van der Waals surface area contributed by atoms with Crippen LogP contribution in [-0.4, -0.2) is 60.2 Å².